The van der Waals surface area contributed by atoms with Gasteiger partial charge in [-0.25, -0.2) is 4.79 Å². The number of rotatable bonds is 9. The number of unbranched alkanes of at least 4 members (excludes halogenated alkanes) is 1. The molecule has 0 aromatic rings. The van der Waals surface area contributed by atoms with E-state index in [1.165, 1.54) is 0 Å². The molecule has 23 heavy (non-hydrogen) atoms. The SMILES string of the molecule is CCCCC(CNC(=O)OC(C)(C)C)NC(=NCCO)NCC. The number of ether oxygens (including phenoxy) is 1. The third-order valence-electron chi connectivity index (χ3n) is 2.85. The van der Waals surface area contributed by atoms with Crippen LogP contribution in [-0.2, 0) is 4.74 Å². The molecule has 0 fully saturated rings. The average Bonchev–Trinajstić information content (AvgIpc) is 2.45. The smallest absolute Gasteiger partial charge is 0.407 e. The largest absolute Gasteiger partial charge is 0.444 e. The van der Waals surface area contributed by atoms with Crippen molar-refractivity contribution in [2.24, 2.45) is 4.99 Å². The summed E-state index contributed by atoms with van der Waals surface area (Å²) >= 11 is 0. The maximum Gasteiger partial charge on any atom is 0.407 e. The Bertz CT molecular complexity index is 354. The highest BCUT2D eigenvalue weighted by atomic mass is 16.6. The molecule has 7 heteroatoms. The second kappa shape index (κ2) is 12.0. The number of alkyl carbamates (subject to hydrolysis) is 1. The highest BCUT2D eigenvalue weighted by molar-refractivity contribution is 5.80. The third-order valence-corrected chi connectivity index (χ3v) is 2.85. The maximum absolute atomic E-state index is 11.8. The van der Waals surface area contributed by atoms with Gasteiger partial charge >= 0.3 is 6.09 Å². The minimum atomic E-state index is -0.506. The van der Waals surface area contributed by atoms with Gasteiger partial charge in [0.05, 0.1) is 13.2 Å². The summed E-state index contributed by atoms with van der Waals surface area (Å²) in [5, 5.41) is 18.1. The van der Waals surface area contributed by atoms with Crippen LogP contribution in [0.1, 0.15) is 53.9 Å². The predicted molar refractivity (Wildman–Crippen MR) is 93.7 cm³/mol. The summed E-state index contributed by atoms with van der Waals surface area (Å²) < 4.78 is 5.25. The van der Waals surface area contributed by atoms with E-state index in [4.69, 9.17) is 9.84 Å². The predicted octanol–water partition coefficient (Wildman–Crippen LogP) is 1.62. The van der Waals surface area contributed by atoms with Gasteiger partial charge in [0.2, 0.25) is 0 Å². The third kappa shape index (κ3) is 12.7. The van der Waals surface area contributed by atoms with E-state index in [-0.39, 0.29) is 12.6 Å². The molecule has 0 bridgehead atoms. The molecule has 0 heterocycles. The van der Waals surface area contributed by atoms with Crippen LogP contribution in [0, 0.1) is 0 Å². The molecule has 1 amide bonds. The quantitative estimate of drug-likeness (QED) is 0.381. The highest BCUT2D eigenvalue weighted by Crippen LogP contribution is 2.06. The second-order valence-electron chi connectivity index (χ2n) is 6.35. The van der Waals surface area contributed by atoms with Crippen LogP contribution in [0.3, 0.4) is 0 Å². The van der Waals surface area contributed by atoms with E-state index in [0.717, 1.165) is 25.8 Å². The molecule has 0 aliphatic heterocycles. The fourth-order valence-corrected chi connectivity index (χ4v) is 1.87. The molecule has 0 aromatic heterocycles. The minimum Gasteiger partial charge on any atom is -0.444 e. The Morgan fingerprint density at radius 2 is 1.96 bits per heavy atom. The van der Waals surface area contributed by atoms with E-state index in [1.807, 2.05) is 27.7 Å². The summed E-state index contributed by atoms with van der Waals surface area (Å²) in [6.07, 6.45) is 2.62. The van der Waals surface area contributed by atoms with Crippen molar-refractivity contribution in [3.05, 3.63) is 0 Å². The molecule has 136 valence electrons. The Hall–Kier alpha value is -1.50. The van der Waals surface area contributed by atoms with Gasteiger partial charge in [0, 0.05) is 19.1 Å². The zero-order valence-electron chi connectivity index (χ0n) is 15.2. The van der Waals surface area contributed by atoms with Crippen LogP contribution in [0.5, 0.6) is 0 Å². The van der Waals surface area contributed by atoms with Crippen molar-refractivity contribution in [1.29, 1.82) is 0 Å². The van der Waals surface area contributed by atoms with E-state index in [2.05, 4.69) is 27.9 Å². The second-order valence-corrected chi connectivity index (χ2v) is 6.35. The van der Waals surface area contributed by atoms with E-state index >= 15 is 0 Å². The first-order chi connectivity index (χ1) is 10.8. The number of nitrogens with one attached hydrogen (secondary N) is 3. The Morgan fingerprint density at radius 3 is 2.48 bits per heavy atom. The zero-order valence-corrected chi connectivity index (χ0v) is 15.2. The summed E-state index contributed by atoms with van der Waals surface area (Å²) in [4.78, 5) is 16.0. The summed E-state index contributed by atoms with van der Waals surface area (Å²) in [6, 6.07) is 0.0546. The fourth-order valence-electron chi connectivity index (χ4n) is 1.87. The van der Waals surface area contributed by atoms with Gasteiger partial charge in [0.1, 0.15) is 5.60 Å². The minimum absolute atomic E-state index is 0.00631. The van der Waals surface area contributed by atoms with Gasteiger partial charge in [0.25, 0.3) is 0 Å². The topological polar surface area (TPSA) is 95.0 Å². The van der Waals surface area contributed by atoms with Gasteiger partial charge in [-0.05, 0) is 34.1 Å². The monoisotopic (exact) mass is 330 g/mol. The molecule has 4 N–H and O–H groups in total. The standard InChI is InChI=1S/C16H34N4O3/c1-6-8-9-13(12-19-15(22)23-16(3,4)5)20-14(17-7-2)18-10-11-21/h13,21H,6-12H2,1-5H3,(H,19,22)(H2,17,18,20). The van der Waals surface area contributed by atoms with Crippen molar-refractivity contribution >= 4 is 12.1 Å². The summed E-state index contributed by atoms with van der Waals surface area (Å²) in [5.74, 6) is 0.647. The molecule has 1 atom stereocenters. The van der Waals surface area contributed by atoms with Gasteiger partial charge < -0.3 is 25.8 Å². The molecular formula is C16H34N4O3. The van der Waals surface area contributed by atoms with E-state index in [1.54, 1.807) is 0 Å². The van der Waals surface area contributed by atoms with E-state index in [9.17, 15) is 4.79 Å². The number of hydrogen-bond donors (Lipinski definition) is 4. The highest BCUT2D eigenvalue weighted by Gasteiger charge is 2.17. The zero-order chi connectivity index (χ0) is 17.7. The van der Waals surface area contributed by atoms with Crippen molar-refractivity contribution < 1.29 is 14.6 Å². The Labute approximate surface area is 140 Å². The lowest BCUT2D eigenvalue weighted by Crippen LogP contribution is -2.49. The molecular weight excluding hydrogens is 296 g/mol. The van der Waals surface area contributed by atoms with Crippen molar-refractivity contribution in [2.45, 2.75) is 65.5 Å². The normalized spacial score (nSPS) is 13.4. The first-order valence-corrected chi connectivity index (χ1v) is 8.44. The molecule has 1 unspecified atom stereocenters. The van der Waals surface area contributed by atoms with Crippen molar-refractivity contribution in [3.63, 3.8) is 0 Å². The molecule has 0 radical (unpaired) electrons. The molecule has 0 saturated carbocycles. The van der Waals surface area contributed by atoms with Crippen LogP contribution in [-0.4, -0.2) is 55.0 Å². The fraction of sp³-hybridized carbons (Fsp3) is 0.875. The molecule has 7 nitrogen and oxygen atoms in total. The summed E-state index contributed by atoms with van der Waals surface area (Å²) in [6.45, 7) is 11.2. The lowest BCUT2D eigenvalue weighted by atomic mass is 10.1. The number of amides is 1. The van der Waals surface area contributed by atoms with Crippen molar-refractivity contribution in [1.82, 2.24) is 16.0 Å². The summed E-state index contributed by atoms with van der Waals surface area (Å²) in [5.41, 5.74) is -0.506. The van der Waals surface area contributed by atoms with Crippen molar-refractivity contribution in [2.75, 3.05) is 26.2 Å². The molecule has 0 aliphatic carbocycles. The molecule has 0 aromatic carbocycles. The Kier molecular flexibility index (Phi) is 11.2. The van der Waals surface area contributed by atoms with Crippen LogP contribution in [0.25, 0.3) is 0 Å². The van der Waals surface area contributed by atoms with Crippen LogP contribution in [0.15, 0.2) is 4.99 Å². The van der Waals surface area contributed by atoms with Crippen LogP contribution < -0.4 is 16.0 Å². The number of nitrogens with zero attached hydrogens (tertiary/aromatic N) is 1. The first-order valence-electron chi connectivity index (χ1n) is 8.44. The van der Waals surface area contributed by atoms with Gasteiger partial charge in [-0.1, -0.05) is 19.8 Å². The maximum atomic E-state index is 11.8. The van der Waals surface area contributed by atoms with Crippen molar-refractivity contribution in [3.8, 4) is 0 Å². The Morgan fingerprint density at radius 1 is 1.26 bits per heavy atom. The van der Waals surface area contributed by atoms with E-state index < -0.39 is 11.7 Å². The lowest BCUT2D eigenvalue weighted by molar-refractivity contribution is 0.0523. The number of carbonyl (C=O) groups excluding carboxylic acids is 1. The number of guanidine groups is 1. The molecule has 0 spiro atoms. The van der Waals surface area contributed by atoms with E-state index in [0.29, 0.717) is 19.0 Å². The molecule has 0 rings (SSSR count). The lowest BCUT2D eigenvalue weighted by Gasteiger charge is -2.24. The van der Waals surface area contributed by atoms with Crippen LogP contribution >= 0.6 is 0 Å². The van der Waals surface area contributed by atoms with Gasteiger partial charge in [-0.15, -0.1) is 0 Å². The first kappa shape index (κ1) is 21.5. The number of carbonyl (C=O) groups is 1. The molecule has 0 aliphatic rings. The number of aliphatic hydroxyl groups excluding tert-OH is 1. The van der Waals surface area contributed by atoms with Crippen LogP contribution in [0.4, 0.5) is 4.79 Å². The number of hydrogen-bond acceptors (Lipinski definition) is 4. The van der Waals surface area contributed by atoms with Crippen LogP contribution in [0.2, 0.25) is 0 Å². The van der Waals surface area contributed by atoms with Gasteiger partial charge in [-0.3, -0.25) is 4.99 Å². The van der Waals surface area contributed by atoms with Gasteiger partial charge in [-0.2, -0.15) is 0 Å². The average molecular weight is 330 g/mol. The summed E-state index contributed by atoms with van der Waals surface area (Å²) in [7, 11) is 0. The van der Waals surface area contributed by atoms with Gasteiger partial charge in [0.15, 0.2) is 5.96 Å². The Balaban J connectivity index is 4.57. The molecule has 0 saturated heterocycles. The number of aliphatic imine (C=N–C) groups is 1. The number of aliphatic hydroxyl groups is 1.